The molecule has 130 valence electrons. The van der Waals surface area contributed by atoms with Gasteiger partial charge in [-0.3, -0.25) is 4.79 Å². The number of anilines is 1. The Labute approximate surface area is 159 Å². The number of piperazine rings is 1. The maximum Gasteiger partial charge on any atom is 0.270 e. The van der Waals surface area contributed by atoms with Crippen molar-refractivity contribution in [3.63, 3.8) is 0 Å². The van der Waals surface area contributed by atoms with Gasteiger partial charge in [-0.15, -0.1) is 0 Å². The number of hydrogen-bond acceptors (Lipinski definition) is 6. The zero-order chi connectivity index (χ0) is 18.0. The SMILES string of the molecule is CSc1nc(-c2ccc(Br)cc2N2CCN(C)CC2)c(C#N)c(=O)[nH]1. The lowest BCUT2D eigenvalue weighted by Gasteiger charge is -2.35. The molecule has 6 nitrogen and oxygen atoms in total. The standard InChI is InChI=1S/C17H18BrN5OS/c1-22-5-7-23(8-6-22)14-9-11(18)3-4-12(14)15-13(10-19)16(24)21-17(20-15)25-2/h3-4,9H,5-8H2,1-2H3,(H,20,21,24). The van der Waals surface area contributed by atoms with Crippen LogP contribution in [0.5, 0.6) is 0 Å². The third kappa shape index (κ3) is 3.73. The maximum atomic E-state index is 12.3. The summed E-state index contributed by atoms with van der Waals surface area (Å²) >= 11 is 4.88. The fraction of sp³-hybridized carbons (Fsp3) is 0.353. The highest BCUT2D eigenvalue weighted by molar-refractivity contribution is 9.10. The lowest BCUT2D eigenvalue weighted by atomic mass is 10.0. The van der Waals surface area contributed by atoms with Crippen molar-refractivity contribution in [1.82, 2.24) is 14.9 Å². The Hall–Kier alpha value is -1.82. The van der Waals surface area contributed by atoms with Crippen LogP contribution < -0.4 is 10.5 Å². The molecule has 0 radical (unpaired) electrons. The number of nitriles is 1. The van der Waals surface area contributed by atoms with Gasteiger partial charge in [0.05, 0.1) is 5.69 Å². The van der Waals surface area contributed by atoms with Gasteiger partial charge in [0.1, 0.15) is 11.6 Å². The van der Waals surface area contributed by atoms with Crippen molar-refractivity contribution in [3.8, 4) is 17.3 Å². The van der Waals surface area contributed by atoms with Gasteiger partial charge in [0, 0.05) is 41.9 Å². The van der Waals surface area contributed by atoms with Gasteiger partial charge >= 0.3 is 0 Å². The molecule has 1 aliphatic heterocycles. The van der Waals surface area contributed by atoms with Crippen molar-refractivity contribution < 1.29 is 0 Å². The zero-order valence-corrected chi connectivity index (χ0v) is 16.4. The smallest absolute Gasteiger partial charge is 0.270 e. The number of halogens is 1. The van der Waals surface area contributed by atoms with E-state index in [9.17, 15) is 10.1 Å². The molecule has 1 aliphatic rings. The van der Waals surface area contributed by atoms with Crippen molar-refractivity contribution in [2.45, 2.75) is 5.16 Å². The molecule has 25 heavy (non-hydrogen) atoms. The Kier molecular flexibility index (Phi) is 5.47. The third-order valence-electron chi connectivity index (χ3n) is 4.26. The summed E-state index contributed by atoms with van der Waals surface area (Å²) in [5.74, 6) is 0. The molecular formula is C17H18BrN5OS. The molecule has 1 saturated heterocycles. The van der Waals surface area contributed by atoms with Crippen molar-refractivity contribution >= 4 is 33.4 Å². The molecule has 8 heteroatoms. The fourth-order valence-corrected chi connectivity index (χ4v) is 3.59. The van der Waals surface area contributed by atoms with Crippen LogP contribution in [0.1, 0.15) is 5.56 Å². The molecule has 0 amide bonds. The Morgan fingerprint density at radius 2 is 2.04 bits per heavy atom. The van der Waals surface area contributed by atoms with Crippen LogP contribution in [-0.4, -0.2) is 54.4 Å². The molecule has 1 fully saturated rings. The Balaban J connectivity index is 2.17. The van der Waals surface area contributed by atoms with Crippen LogP contribution in [0.4, 0.5) is 5.69 Å². The maximum absolute atomic E-state index is 12.3. The lowest BCUT2D eigenvalue weighted by molar-refractivity contribution is 0.313. The molecule has 0 atom stereocenters. The Morgan fingerprint density at radius 3 is 2.68 bits per heavy atom. The van der Waals surface area contributed by atoms with Crippen LogP contribution in [-0.2, 0) is 0 Å². The molecule has 1 aromatic carbocycles. The van der Waals surface area contributed by atoms with E-state index in [2.05, 4.69) is 42.7 Å². The van der Waals surface area contributed by atoms with Gasteiger partial charge < -0.3 is 14.8 Å². The van der Waals surface area contributed by atoms with E-state index in [0.717, 1.165) is 41.9 Å². The minimum absolute atomic E-state index is 0.0514. The van der Waals surface area contributed by atoms with Gasteiger partial charge in [-0.2, -0.15) is 5.26 Å². The zero-order valence-electron chi connectivity index (χ0n) is 14.0. The number of aromatic nitrogens is 2. The number of aromatic amines is 1. The second-order valence-corrected chi connectivity index (χ2v) is 7.57. The predicted molar refractivity (Wildman–Crippen MR) is 104 cm³/mol. The molecular weight excluding hydrogens is 402 g/mol. The normalized spacial score (nSPS) is 15.2. The van der Waals surface area contributed by atoms with Crippen molar-refractivity contribution in [2.75, 3.05) is 44.4 Å². The number of benzene rings is 1. The van der Waals surface area contributed by atoms with Gasteiger partial charge in [0.25, 0.3) is 5.56 Å². The van der Waals surface area contributed by atoms with E-state index in [4.69, 9.17) is 0 Å². The first-order chi connectivity index (χ1) is 12.0. The van der Waals surface area contributed by atoms with Crippen LogP contribution in [0.2, 0.25) is 0 Å². The highest BCUT2D eigenvalue weighted by atomic mass is 79.9. The van der Waals surface area contributed by atoms with Crippen LogP contribution in [0.3, 0.4) is 0 Å². The number of nitrogens with one attached hydrogen (secondary N) is 1. The number of thioether (sulfide) groups is 1. The molecule has 2 aromatic rings. The van der Waals surface area contributed by atoms with Crippen molar-refractivity contribution in [2.24, 2.45) is 0 Å². The van der Waals surface area contributed by atoms with Crippen LogP contribution in [0, 0.1) is 11.3 Å². The Morgan fingerprint density at radius 1 is 1.32 bits per heavy atom. The summed E-state index contributed by atoms with van der Waals surface area (Å²) in [5, 5.41) is 9.97. The first-order valence-electron chi connectivity index (χ1n) is 7.85. The highest BCUT2D eigenvalue weighted by Gasteiger charge is 2.22. The fourth-order valence-electron chi connectivity index (χ4n) is 2.86. The molecule has 1 N–H and O–H groups in total. The lowest BCUT2D eigenvalue weighted by Crippen LogP contribution is -2.44. The molecule has 0 saturated carbocycles. The average molecular weight is 420 g/mol. The van der Waals surface area contributed by atoms with Gasteiger partial charge in [-0.25, -0.2) is 4.98 Å². The highest BCUT2D eigenvalue weighted by Crippen LogP contribution is 2.34. The first kappa shape index (κ1) is 18.0. The summed E-state index contributed by atoms with van der Waals surface area (Å²) in [6.45, 7) is 3.71. The van der Waals surface area contributed by atoms with Crippen LogP contribution in [0.15, 0.2) is 32.6 Å². The van der Waals surface area contributed by atoms with E-state index in [1.54, 1.807) is 0 Å². The molecule has 0 unspecified atom stereocenters. The third-order valence-corrected chi connectivity index (χ3v) is 5.33. The van der Waals surface area contributed by atoms with E-state index in [0.29, 0.717) is 10.9 Å². The monoisotopic (exact) mass is 419 g/mol. The largest absolute Gasteiger partial charge is 0.368 e. The average Bonchev–Trinajstić information content (AvgIpc) is 2.61. The molecule has 3 rings (SSSR count). The predicted octanol–water partition coefficient (Wildman–Crippen LogP) is 2.54. The minimum Gasteiger partial charge on any atom is -0.368 e. The van der Waals surface area contributed by atoms with Gasteiger partial charge in [-0.05, 0) is 31.5 Å². The first-order valence-corrected chi connectivity index (χ1v) is 9.87. The van der Waals surface area contributed by atoms with Gasteiger partial charge in [0.15, 0.2) is 5.16 Å². The summed E-state index contributed by atoms with van der Waals surface area (Å²) in [5.41, 5.74) is 1.89. The summed E-state index contributed by atoms with van der Waals surface area (Å²) in [7, 11) is 2.11. The topological polar surface area (TPSA) is 76.0 Å². The van der Waals surface area contributed by atoms with E-state index >= 15 is 0 Å². The molecule has 0 spiro atoms. The number of likely N-dealkylation sites (N-methyl/N-ethyl adjacent to an activating group) is 1. The van der Waals surface area contributed by atoms with Crippen LogP contribution in [0.25, 0.3) is 11.3 Å². The quantitative estimate of drug-likeness (QED) is 0.608. The van der Waals surface area contributed by atoms with Gasteiger partial charge in [0.2, 0.25) is 0 Å². The Bertz CT molecular complexity index is 884. The molecule has 0 aliphatic carbocycles. The molecule has 0 bridgehead atoms. The van der Waals surface area contributed by atoms with Crippen molar-refractivity contribution in [3.05, 3.63) is 38.6 Å². The number of nitrogens with zero attached hydrogens (tertiary/aromatic N) is 4. The van der Waals surface area contributed by atoms with E-state index in [-0.39, 0.29) is 5.56 Å². The van der Waals surface area contributed by atoms with E-state index < -0.39 is 5.56 Å². The summed E-state index contributed by atoms with van der Waals surface area (Å²) in [6, 6.07) is 7.88. The number of hydrogen-bond donors (Lipinski definition) is 1. The van der Waals surface area contributed by atoms with E-state index in [1.807, 2.05) is 30.5 Å². The van der Waals surface area contributed by atoms with E-state index in [1.165, 1.54) is 11.8 Å². The van der Waals surface area contributed by atoms with Crippen LogP contribution >= 0.6 is 27.7 Å². The summed E-state index contributed by atoms with van der Waals surface area (Å²) in [4.78, 5) is 24.0. The summed E-state index contributed by atoms with van der Waals surface area (Å²) < 4.78 is 0.957. The molecule has 2 heterocycles. The second kappa shape index (κ2) is 7.60. The number of rotatable bonds is 3. The second-order valence-electron chi connectivity index (χ2n) is 5.86. The summed E-state index contributed by atoms with van der Waals surface area (Å²) in [6.07, 6.45) is 1.84. The van der Waals surface area contributed by atoms with Gasteiger partial charge in [-0.1, -0.05) is 27.7 Å². The number of H-pyrrole nitrogens is 1. The molecule has 1 aromatic heterocycles. The van der Waals surface area contributed by atoms with Crippen molar-refractivity contribution in [1.29, 1.82) is 5.26 Å². The minimum atomic E-state index is -0.399.